The first-order chi connectivity index (χ1) is 15.0. The van der Waals surface area contributed by atoms with Crippen LogP contribution in [0.1, 0.15) is 49.3 Å². The third-order valence-electron chi connectivity index (χ3n) is 7.49. The molecule has 3 aliphatic rings. The van der Waals surface area contributed by atoms with Crippen LogP contribution in [0, 0.1) is 5.92 Å². The minimum absolute atomic E-state index is 0.0487. The first kappa shape index (κ1) is 20.3. The predicted molar refractivity (Wildman–Crippen MR) is 118 cm³/mol. The van der Waals surface area contributed by atoms with Crippen molar-refractivity contribution < 1.29 is 14.0 Å². The van der Waals surface area contributed by atoms with E-state index >= 15 is 0 Å². The molecule has 5 rings (SSSR count). The number of amides is 3. The zero-order valence-corrected chi connectivity index (χ0v) is 18.4. The Hall–Kier alpha value is -2.60. The summed E-state index contributed by atoms with van der Waals surface area (Å²) in [5.74, 6) is 2.12. The fourth-order valence-corrected chi connectivity index (χ4v) is 5.59. The van der Waals surface area contributed by atoms with Gasteiger partial charge in [0.25, 0.3) is 5.91 Å². The van der Waals surface area contributed by atoms with E-state index in [4.69, 9.17) is 4.42 Å². The van der Waals surface area contributed by atoms with Crippen LogP contribution in [0.15, 0.2) is 40.8 Å². The Balaban J connectivity index is 1.23. The first-order valence-corrected chi connectivity index (χ1v) is 11.5. The molecule has 164 valence electrons. The molecule has 1 atom stereocenters. The molecule has 0 spiro atoms. The number of furan rings is 1. The average molecular weight is 422 g/mol. The second-order valence-electron chi connectivity index (χ2n) is 9.41. The molecule has 3 heterocycles. The van der Waals surface area contributed by atoms with Gasteiger partial charge in [-0.2, -0.15) is 0 Å². The lowest BCUT2D eigenvalue weighted by molar-refractivity contribution is -0.134. The number of carbonyl (C=O) groups excluding carboxylic acids is 2. The first-order valence-electron chi connectivity index (χ1n) is 11.5. The van der Waals surface area contributed by atoms with Gasteiger partial charge in [0.1, 0.15) is 17.1 Å². The summed E-state index contributed by atoms with van der Waals surface area (Å²) in [6.07, 6.45) is 4.20. The minimum atomic E-state index is -0.808. The summed E-state index contributed by atoms with van der Waals surface area (Å²) in [5, 5.41) is 3.08. The SMILES string of the molecule is CCc1ccc(CN2CCC([C@@]3(C)NC(=O)N(C4Cc5ccccc5C4)C3=O)CC2)o1. The zero-order valence-electron chi connectivity index (χ0n) is 18.4. The summed E-state index contributed by atoms with van der Waals surface area (Å²) in [6.45, 7) is 6.63. The van der Waals surface area contributed by atoms with E-state index in [-0.39, 0.29) is 23.9 Å². The summed E-state index contributed by atoms with van der Waals surface area (Å²) in [5.41, 5.74) is 1.69. The molecule has 2 saturated heterocycles. The van der Waals surface area contributed by atoms with Crippen molar-refractivity contribution in [2.45, 2.75) is 64.1 Å². The van der Waals surface area contributed by atoms with Crippen LogP contribution in [0.2, 0.25) is 0 Å². The third-order valence-corrected chi connectivity index (χ3v) is 7.49. The van der Waals surface area contributed by atoms with E-state index in [2.05, 4.69) is 35.3 Å². The van der Waals surface area contributed by atoms with Gasteiger partial charge in [0, 0.05) is 12.5 Å². The minimum Gasteiger partial charge on any atom is -0.465 e. The fourth-order valence-electron chi connectivity index (χ4n) is 5.59. The standard InChI is InChI=1S/C25H31N3O3/c1-3-21-8-9-22(31-21)16-27-12-10-19(11-13-27)25(2)23(29)28(24(30)26-25)20-14-17-6-4-5-7-18(17)15-20/h4-9,19-20H,3,10-16H2,1-2H3,(H,26,30)/t25-/m1/s1. The van der Waals surface area contributed by atoms with Crippen LogP contribution < -0.4 is 5.32 Å². The fraction of sp³-hybridized carbons (Fsp3) is 0.520. The van der Waals surface area contributed by atoms with Gasteiger partial charge in [-0.15, -0.1) is 0 Å². The van der Waals surface area contributed by atoms with Crippen LogP contribution in [0.4, 0.5) is 4.79 Å². The van der Waals surface area contributed by atoms with Crippen LogP contribution in [0.5, 0.6) is 0 Å². The number of piperidine rings is 1. The van der Waals surface area contributed by atoms with Crippen LogP contribution in [0.25, 0.3) is 0 Å². The molecule has 31 heavy (non-hydrogen) atoms. The van der Waals surface area contributed by atoms with E-state index in [1.165, 1.54) is 16.0 Å². The smallest absolute Gasteiger partial charge is 0.325 e. The number of rotatable bonds is 5. The maximum atomic E-state index is 13.5. The second-order valence-corrected chi connectivity index (χ2v) is 9.41. The van der Waals surface area contributed by atoms with E-state index in [9.17, 15) is 9.59 Å². The quantitative estimate of drug-likeness (QED) is 0.750. The normalized spacial score (nSPS) is 25.3. The number of likely N-dealkylation sites (tertiary alicyclic amines) is 1. The van der Waals surface area contributed by atoms with Crippen molar-refractivity contribution in [2.75, 3.05) is 13.1 Å². The topological polar surface area (TPSA) is 65.8 Å². The zero-order chi connectivity index (χ0) is 21.6. The van der Waals surface area contributed by atoms with Gasteiger partial charge in [-0.1, -0.05) is 31.2 Å². The molecule has 1 aromatic heterocycles. The van der Waals surface area contributed by atoms with E-state index in [1.54, 1.807) is 0 Å². The molecule has 0 saturated carbocycles. The molecular weight excluding hydrogens is 390 g/mol. The lowest BCUT2D eigenvalue weighted by Crippen LogP contribution is -2.54. The van der Waals surface area contributed by atoms with E-state index in [0.29, 0.717) is 0 Å². The van der Waals surface area contributed by atoms with Gasteiger partial charge in [-0.25, -0.2) is 4.79 Å². The summed E-state index contributed by atoms with van der Waals surface area (Å²) >= 11 is 0. The Morgan fingerprint density at radius 1 is 1.03 bits per heavy atom. The Morgan fingerprint density at radius 3 is 2.29 bits per heavy atom. The van der Waals surface area contributed by atoms with Crippen molar-refractivity contribution in [1.29, 1.82) is 0 Å². The van der Waals surface area contributed by atoms with Crippen LogP contribution in [-0.4, -0.2) is 46.4 Å². The summed E-state index contributed by atoms with van der Waals surface area (Å²) in [4.78, 5) is 30.3. The van der Waals surface area contributed by atoms with Gasteiger partial charge in [0.15, 0.2) is 0 Å². The maximum absolute atomic E-state index is 13.5. The predicted octanol–water partition coefficient (Wildman–Crippen LogP) is 3.53. The molecule has 6 heteroatoms. The lowest BCUT2D eigenvalue weighted by atomic mass is 9.78. The molecule has 0 unspecified atom stereocenters. The van der Waals surface area contributed by atoms with Crippen molar-refractivity contribution in [1.82, 2.24) is 15.1 Å². The van der Waals surface area contributed by atoms with E-state index in [1.807, 2.05) is 25.1 Å². The third kappa shape index (κ3) is 3.57. The highest BCUT2D eigenvalue weighted by molar-refractivity contribution is 6.07. The second kappa shape index (κ2) is 7.83. The Morgan fingerprint density at radius 2 is 1.68 bits per heavy atom. The number of imide groups is 1. The van der Waals surface area contributed by atoms with Crippen LogP contribution >= 0.6 is 0 Å². The molecule has 6 nitrogen and oxygen atoms in total. The van der Waals surface area contributed by atoms with Crippen molar-refractivity contribution in [3.63, 3.8) is 0 Å². The number of carbonyl (C=O) groups is 2. The molecule has 2 aliphatic heterocycles. The molecule has 0 radical (unpaired) electrons. The van der Waals surface area contributed by atoms with Gasteiger partial charge < -0.3 is 9.73 Å². The van der Waals surface area contributed by atoms with Crippen LogP contribution in [-0.2, 0) is 30.6 Å². The molecule has 2 aromatic rings. The van der Waals surface area contributed by atoms with Crippen LogP contribution in [0.3, 0.4) is 0 Å². The van der Waals surface area contributed by atoms with E-state index < -0.39 is 5.54 Å². The number of nitrogens with one attached hydrogen (secondary N) is 1. The highest BCUT2D eigenvalue weighted by Crippen LogP contribution is 2.36. The largest absolute Gasteiger partial charge is 0.465 e. The number of nitrogens with zero attached hydrogens (tertiary/aromatic N) is 2. The number of fused-ring (bicyclic) bond motifs is 1. The number of urea groups is 1. The highest BCUT2D eigenvalue weighted by atomic mass is 16.3. The van der Waals surface area contributed by atoms with Crippen molar-refractivity contribution >= 4 is 11.9 Å². The lowest BCUT2D eigenvalue weighted by Gasteiger charge is -2.38. The van der Waals surface area contributed by atoms with Gasteiger partial charge in [0.2, 0.25) is 0 Å². The van der Waals surface area contributed by atoms with Crippen molar-refractivity contribution in [3.8, 4) is 0 Å². The molecule has 1 N–H and O–H groups in total. The summed E-state index contributed by atoms with van der Waals surface area (Å²) < 4.78 is 5.85. The Bertz CT molecular complexity index is 966. The monoisotopic (exact) mass is 421 g/mol. The molecule has 1 aliphatic carbocycles. The summed E-state index contributed by atoms with van der Waals surface area (Å²) in [7, 11) is 0. The Kier molecular flexibility index (Phi) is 5.13. The van der Waals surface area contributed by atoms with Gasteiger partial charge >= 0.3 is 6.03 Å². The Labute approximate surface area is 183 Å². The van der Waals surface area contributed by atoms with Crippen molar-refractivity contribution in [3.05, 3.63) is 59.0 Å². The van der Waals surface area contributed by atoms with Crippen molar-refractivity contribution in [2.24, 2.45) is 5.92 Å². The molecule has 2 fully saturated rings. The number of hydrogen-bond acceptors (Lipinski definition) is 4. The van der Waals surface area contributed by atoms with Gasteiger partial charge in [0.05, 0.1) is 6.54 Å². The van der Waals surface area contributed by atoms with E-state index in [0.717, 1.165) is 63.3 Å². The molecule has 1 aromatic carbocycles. The van der Waals surface area contributed by atoms with Gasteiger partial charge in [-0.3, -0.25) is 14.6 Å². The maximum Gasteiger partial charge on any atom is 0.325 e. The number of aryl methyl sites for hydroxylation is 1. The number of hydrogen-bond donors (Lipinski definition) is 1. The average Bonchev–Trinajstić information content (AvgIpc) is 3.45. The van der Waals surface area contributed by atoms with Gasteiger partial charge in [-0.05, 0) is 74.9 Å². The molecular formula is C25H31N3O3. The summed E-state index contributed by atoms with van der Waals surface area (Å²) in [6, 6.07) is 12.1. The molecule has 0 bridgehead atoms. The highest BCUT2D eigenvalue weighted by Gasteiger charge is 2.55. The number of benzene rings is 1. The molecule has 3 amide bonds.